The van der Waals surface area contributed by atoms with Gasteiger partial charge in [0, 0.05) is 0 Å². The zero-order chi connectivity index (χ0) is 8.60. The SMILES string of the molecule is O=C(O)[C@]1(C2CC2)CCCCN1. The fraction of sp³-hybridized carbons (Fsp3) is 0.889. The fourth-order valence-electron chi connectivity index (χ4n) is 2.21. The van der Waals surface area contributed by atoms with Crippen molar-refractivity contribution in [1.29, 1.82) is 0 Å². The summed E-state index contributed by atoms with van der Waals surface area (Å²) < 4.78 is 0. The van der Waals surface area contributed by atoms with Crippen LogP contribution < -0.4 is 5.32 Å². The molecule has 0 aromatic carbocycles. The average molecular weight is 169 g/mol. The quantitative estimate of drug-likeness (QED) is 0.648. The maximum absolute atomic E-state index is 11.1. The van der Waals surface area contributed by atoms with Crippen molar-refractivity contribution in [2.75, 3.05) is 6.54 Å². The summed E-state index contributed by atoms with van der Waals surface area (Å²) in [6.07, 6.45) is 5.21. The van der Waals surface area contributed by atoms with Gasteiger partial charge in [0.15, 0.2) is 0 Å². The van der Waals surface area contributed by atoms with E-state index in [9.17, 15) is 4.79 Å². The molecule has 2 fully saturated rings. The minimum Gasteiger partial charge on any atom is -0.480 e. The van der Waals surface area contributed by atoms with Gasteiger partial charge in [0.2, 0.25) is 0 Å². The lowest BCUT2D eigenvalue weighted by Crippen LogP contribution is -2.56. The monoisotopic (exact) mass is 169 g/mol. The molecule has 0 amide bonds. The number of nitrogens with one attached hydrogen (secondary N) is 1. The lowest BCUT2D eigenvalue weighted by molar-refractivity contribution is -0.147. The van der Waals surface area contributed by atoms with Gasteiger partial charge in [-0.15, -0.1) is 0 Å². The molecule has 0 spiro atoms. The van der Waals surface area contributed by atoms with Gasteiger partial charge >= 0.3 is 5.97 Å². The predicted molar refractivity (Wildman–Crippen MR) is 44.9 cm³/mol. The van der Waals surface area contributed by atoms with Crippen LogP contribution >= 0.6 is 0 Å². The number of carboxylic acids is 1. The summed E-state index contributed by atoms with van der Waals surface area (Å²) in [6, 6.07) is 0. The summed E-state index contributed by atoms with van der Waals surface area (Å²) in [5.74, 6) is -0.222. The van der Waals surface area contributed by atoms with Crippen LogP contribution in [-0.2, 0) is 4.79 Å². The zero-order valence-corrected chi connectivity index (χ0v) is 7.18. The molecule has 1 saturated carbocycles. The Morgan fingerprint density at radius 3 is 2.58 bits per heavy atom. The number of hydrogen-bond acceptors (Lipinski definition) is 2. The second-order valence-corrected chi connectivity index (χ2v) is 3.93. The van der Waals surface area contributed by atoms with Crippen molar-refractivity contribution in [2.45, 2.75) is 37.6 Å². The van der Waals surface area contributed by atoms with Gasteiger partial charge in [-0.25, -0.2) is 0 Å². The molecule has 1 aliphatic carbocycles. The van der Waals surface area contributed by atoms with Crippen LogP contribution in [0.5, 0.6) is 0 Å². The average Bonchev–Trinajstić information content (AvgIpc) is 2.88. The van der Waals surface area contributed by atoms with E-state index in [1.54, 1.807) is 0 Å². The third-order valence-electron chi connectivity index (χ3n) is 3.09. The highest BCUT2D eigenvalue weighted by Gasteiger charge is 2.51. The Hall–Kier alpha value is -0.570. The molecule has 12 heavy (non-hydrogen) atoms. The van der Waals surface area contributed by atoms with Crippen molar-refractivity contribution in [3.8, 4) is 0 Å². The molecule has 0 radical (unpaired) electrons. The third-order valence-corrected chi connectivity index (χ3v) is 3.09. The first-order valence-electron chi connectivity index (χ1n) is 4.74. The van der Waals surface area contributed by atoms with Crippen LogP contribution in [0, 0.1) is 5.92 Å². The van der Waals surface area contributed by atoms with Gasteiger partial charge in [0.05, 0.1) is 0 Å². The molecule has 68 valence electrons. The maximum Gasteiger partial charge on any atom is 0.324 e. The highest BCUT2D eigenvalue weighted by molar-refractivity contribution is 5.80. The summed E-state index contributed by atoms with van der Waals surface area (Å²) in [6.45, 7) is 0.878. The van der Waals surface area contributed by atoms with E-state index in [1.165, 1.54) is 0 Å². The molecule has 0 unspecified atom stereocenters. The summed E-state index contributed by atoms with van der Waals surface area (Å²) in [7, 11) is 0. The van der Waals surface area contributed by atoms with Crippen molar-refractivity contribution >= 4 is 5.97 Å². The third kappa shape index (κ3) is 1.12. The summed E-state index contributed by atoms with van der Waals surface area (Å²) in [5, 5.41) is 12.3. The molecule has 2 N–H and O–H groups in total. The van der Waals surface area contributed by atoms with Gasteiger partial charge in [0.25, 0.3) is 0 Å². The number of carbonyl (C=O) groups is 1. The van der Waals surface area contributed by atoms with Crippen molar-refractivity contribution in [3.05, 3.63) is 0 Å². The smallest absolute Gasteiger partial charge is 0.324 e. The molecule has 2 aliphatic rings. The van der Waals surface area contributed by atoms with Crippen molar-refractivity contribution in [2.24, 2.45) is 5.92 Å². The molecule has 3 nitrogen and oxygen atoms in total. The first-order chi connectivity index (χ1) is 5.76. The minimum atomic E-state index is -0.635. The summed E-state index contributed by atoms with van der Waals surface area (Å²) >= 11 is 0. The Bertz CT molecular complexity index is 193. The molecule has 0 bridgehead atoms. The van der Waals surface area contributed by atoms with E-state index >= 15 is 0 Å². The molecule has 0 aromatic rings. The van der Waals surface area contributed by atoms with Crippen LogP contribution in [0.4, 0.5) is 0 Å². The van der Waals surface area contributed by atoms with Gasteiger partial charge in [0.1, 0.15) is 5.54 Å². The Kier molecular flexibility index (Phi) is 1.83. The van der Waals surface area contributed by atoms with Gasteiger partial charge in [-0.2, -0.15) is 0 Å². The Balaban J connectivity index is 2.13. The van der Waals surface area contributed by atoms with Crippen LogP contribution in [0.2, 0.25) is 0 Å². The van der Waals surface area contributed by atoms with Crippen LogP contribution in [0.15, 0.2) is 0 Å². The number of carboxylic acid groups (broad SMARTS) is 1. The van der Waals surface area contributed by atoms with Gasteiger partial charge in [-0.05, 0) is 44.6 Å². The molecule has 1 heterocycles. The van der Waals surface area contributed by atoms with E-state index in [0.717, 1.165) is 38.6 Å². The number of piperidine rings is 1. The maximum atomic E-state index is 11.1. The first-order valence-corrected chi connectivity index (χ1v) is 4.74. The van der Waals surface area contributed by atoms with Crippen molar-refractivity contribution in [1.82, 2.24) is 5.32 Å². The lowest BCUT2D eigenvalue weighted by atomic mass is 9.84. The highest BCUT2D eigenvalue weighted by atomic mass is 16.4. The normalized spacial score (nSPS) is 36.3. The van der Waals surface area contributed by atoms with E-state index < -0.39 is 11.5 Å². The highest BCUT2D eigenvalue weighted by Crippen LogP contribution is 2.43. The fourth-order valence-corrected chi connectivity index (χ4v) is 2.21. The van der Waals surface area contributed by atoms with Gasteiger partial charge < -0.3 is 10.4 Å². The van der Waals surface area contributed by atoms with Crippen LogP contribution in [0.25, 0.3) is 0 Å². The lowest BCUT2D eigenvalue weighted by Gasteiger charge is -2.34. The van der Waals surface area contributed by atoms with Crippen LogP contribution in [-0.4, -0.2) is 23.2 Å². The van der Waals surface area contributed by atoms with Crippen molar-refractivity contribution in [3.63, 3.8) is 0 Å². The Labute approximate surface area is 72.2 Å². The van der Waals surface area contributed by atoms with E-state index in [0.29, 0.717) is 5.92 Å². The second-order valence-electron chi connectivity index (χ2n) is 3.93. The van der Waals surface area contributed by atoms with Crippen LogP contribution in [0.3, 0.4) is 0 Å². The largest absolute Gasteiger partial charge is 0.480 e. The predicted octanol–water partition coefficient (Wildman–Crippen LogP) is 0.993. The van der Waals surface area contributed by atoms with Gasteiger partial charge in [-0.1, -0.05) is 0 Å². The minimum absolute atomic E-state index is 0.412. The Morgan fingerprint density at radius 2 is 2.17 bits per heavy atom. The standard InChI is InChI=1S/C9H15NO2/c11-8(12)9(7-3-4-7)5-1-2-6-10-9/h7,10H,1-6H2,(H,11,12)/t9-/m1/s1. The molecule has 0 aromatic heterocycles. The van der Waals surface area contributed by atoms with E-state index in [-0.39, 0.29) is 0 Å². The van der Waals surface area contributed by atoms with E-state index in [2.05, 4.69) is 5.32 Å². The molecule has 1 atom stereocenters. The topological polar surface area (TPSA) is 49.3 Å². The molecule has 1 saturated heterocycles. The van der Waals surface area contributed by atoms with E-state index in [1.807, 2.05) is 0 Å². The first kappa shape index (κ1) is 8.05. The number of hydrogen-bond donors (Lipinski definition) is 2. The molecule has 1 aliphatic heterocycles. The Morgan fingerprint density at radius 1 is 1.42 bits per heavy atom. The number of rotatable bonds is 2. The zero-order valence-electron chi connectivity index (χ0n) is 7.18. The molecular weight excluding hydrogens is 154 g/mol. The van der Waals surface area contributed by atoms with E-state index in [4.69, 9.17) is 5.11 Å². The van der Waals surface area contributed by atoms with Crippen LogP contribution in [0.1, 0.15) is 32.1 Å². The second kappa shape index (κ2) is 2.73. The summed E-state index contributed by atoms with van der Waals surface area (Å²) in [5.41, 5.74) is -0.543. The molecule has 3 heteroatoms. The molecular formula is C9H15NO2. The number of aliphatic carboxylic acids is 1. The van der Waals surface area contributed by atoms with Gasteiger partial charge in [-0.3, -0.25) is 4.79 Å². The van der Waals surface area contributed by atoms with Crippen molar-refractivity contribution < 1.29 is 9.90 Å². The molecule has 2 rings (SSSR count). The summed E-state index contributed by atoms with van der Waals surface area (Å²) in [4.78, 5) is 11.1.